The van der Waals surface area contributed by atoms with Crippen LogP contribution >= 0.6 is 11.3 Å². The molecular formula is C26H26FN5OS. The summed E-state index contributed by atoms with van der Waals surface area (Å²) in [5, 5.41) is 8.12. The summed E-state index contributed by atoms with van der Waals surface area (Å²) in [6, 6.07) is 14.6. The molecule has 1 aliphatic rings. The minimum atomic E-state index is -0.274. The maximum atomic E-state index is 13.3. The molecule has 0 radical (unpaired) electrons. The molecule has 2 aromatic heterocycles. The lowest BCUT2D eigenvalue weighted by Gasteiger charge is -2.36. The summed E-state index contributed by atoms with van der Waals surface area (Å²) in [5.74, 6) is -0.340. The van der Waals surface area contributed by atoms with Gasteiger partial charge in [-0.25, -0.2) is 9.37 Å². The molecule has 1 aliphatic heterocycles. The Bertz CT molecular complexity index is 1340. The van der Waals surface area contributed by atoms with Crippen molar-refractivity contribution in [1.29, 1.82) is 0 Å². The van der Waals surface area contributed by atoms with E-state index in [0.29, 0.717) is 18.8 Å². The third-order valence-corrected chi connectivity index (χ3v) is 7.44. The molecule has 0 atom stereocenters. The zero-order valence-electron chi connectivity index (χ0n) is 19.4. The molecule has 0 unspecified atom stereocenters. The van der Waals surface area contributed by atoms with Gasteiger partial charge in [-0.2, -0.15) is 5.10 Å². The van der Waals surface area contributed by atoms with E-state index in [-0.39, 0.29) is 11.7 Å². The van der Waals surface area contributed by atoms with Crippen LogP contribution in [0.4, 0.5) is 10.1 Å². The monoisotopic (exact) mass is 475 g/mol. The fourth-order valence-electron chi connectivity index (χ4n) is 4.28. The molecule has 0 saturated carbocycles. The predicted molar refractivity (Wildman–Crippen MR) is 134 cm³/mol. The summed E-state index contributed by atoms with van der Waals surface area (Å²) >= 11 is 1.50. The van der Waals surface area contributed by atoms with Gasteiger partial charge in [-0.3, -0.25) is 9.89 Å². The van der Waals surface area contributed by atoms with Crippen LogP contribution in [-0.2, 0) is 0 Å². The van der Waals surface area contributed by atoms with Crippen molar-refractivity contribution in [3.05, 3.63) is 76.9 Å². The zero-order chi connectivity index (χ0) is 23.8. The molecule has 8 heteroatoms. The number of anilines is 1. The maximum Gasteiger partial charge on any atom is 0.274 e. The molecule has 0 aliphatic carbocycles. The van der Waals surface area contributed by atoms with Crippen LogP contribution in [0.5, 0.6) is 0 Å². The van der Waals surface area contributed by atoms with Gasteiger partial charge in [-0.15, -0.1) is 11.3 Å². The molecule has 34 heavy (non-hydrogen) atoms. The van der Waals surface area contributed by atoms with E-state index < -0.39 is 0 Å². The van der Waals surface area contributed by atoms with Gasteiger partial charge in [0.05, 0.1) is 16.3 Å². The van der Waals surface area contributed by atoms with Crippen LogP contribution in [0.15, 0.2) is 48.5 Å². The van der Waals surface area contributed by atoms with E-state index in [2.05, 4.69) is 52.1 Å². The highest BCUT2D eigenvalue weighted by Crippen LogP contribution is 2.34. The Balaban J connectivity index is 1.29. The second-order valence-corrected chi connectivity index (χ2v) is 9.68. The standard InChI is InChI=1S/C26H26FN5OS/c1-16-4-5-17(2)23(14-16)31-10-12-32(13-11-31)26(33)22-15-21(29-30-22)24-18(3)28-25(34-24)19-6-8-20(27)9-7-19/h4-9,14-15H,10-13H2,1-3H3,(H,29,30). The number of rotatable bonds is 4. The molecular weight excluding hydrogens is 449 g/mol. The van der Waals surface area contributed by atoms with Gasteiger partial charge in [0.15, 0.2) is 5.69 Å². The van der Waals surface area contributed by atoms with Gasteiger partial charge in [0.25, 0.3) is 5.91 Å². The molecule has 1 amide bonds. The number of thiazole rings is 1. The molecule has 1 saturated heterocycles. The van der Waals surface area contributed by atoms with E-state index >= 15 is 0 Å². The second kappa shape index (κ2) is 9.02. The normalized spacial score (nSPS) is 14.0. The fraction of sp³-hybridized carbons (Fsp3) is 0.269. The van der Waals surface area contributed by atoms with Gasteiger partial charge in [0.1, 0.15) is 10.8 Å². The van der Waals surface area contributed by atoms with E-state index in [1.807, 2.05) is 11.8 Å². The van der Waals surface area contributed by atoms with Crippen molar-refractivity contribution in [3.8, 4) is 21.1 Å². The van der Waals surface area contributed by atoms with Crippen LogP contribution < -0.4 is 4.90 Å². The molecule has 4 aromatic rings. The molecule has 1 fully saturated rings. The van der Waals surface area contributed by atoms with Gasteiger partial charge in [0.2, 0.25) is 0 Å². The van der Waals surface area contributed by atoms with E-state index in [1.165, 1.54) is 40.3 Å². The lowest BCUT2D eigenvalue weighted by Crippen LogP contribution is -2.49. The Labute approximate surface area is 202 Å². The number of nitrogens with one attached hydrogen (secondary N) is 1. The van der Waals surface area contributed by atoms with Gasteiger partial charge < -0.3 is 9.80 Å². The van der Waals surface area contributed by atoms with Crippen molar-refractivity contribution in [2.45, 2.75) is 20.8 Å². The van der Waals surface area contributed by atoms with E-state index in [0.717, 1.165) is 39.9 Å². The zero-order valence-corrected chi connectivity index (χ0v) is 20.2. The first kappa shape index (κ1) is 22.3. The smallest absolute Gasteiger partial charge is 0.274 e. The lowest BCUT2D eigenvalue weighted by molar-refractivity contribution is 0.0741. The highest BCUT2D eigenvalue weighted by Gasteiger charge is 2.25. The first-order valence-electron chi connectivity index (χ1n) is 11.3. The van der Waals surface area contributed by atoms with Crippen molar-refractivity contribution in [2.24, 2.45) is 0 Å². The van der Waals surface area contributed by atoms with Crippen LogP contribution in [0.2, 0.25) is 0 Å². The quantitative estimate of drug-likeness (QED) is 0.439. The number of hydrogen-bond acceptors (Lipinski definition) is 5. The maximum absolute atomic E-state index is 13.3. The highest BCUT2D eigenvalue weighted by molar-refractivity contribution is 7.18. The largest absolute Gasteiger partial charge is 0.368 e. The predicted octanol–water partition coefficient (Wildman–Crippen LogP) is 5.23. The van der Waals surface area contributed by atoms with Crippen molar-refractivity contribution in [1.82, 2.24) is 20.1 Å². The van der Waals surface area contributed by atoms with Crippen molar-refractivity contribution >= 4 is 22.9 Å². The molecule has 1 N–H and O–H groups in total. The van der Waals surface area contributed by atoms with Crippen LogP contribution in [0.25, 0.3) is 21.1 Å². The molecule has 3 heterocycles. The number of halogens is 1. The topological polar surface area (TPSA) is 65.1 Å². The van der Waals surface area contributed by atoms with Gasteiger partial charge in [-0.05, 0) is 68.3 Å². The average molecular weight is 476 g/mol. The Kier molecular flexibility index (Phi) is 5.91. The molecule has 5 rings (SSSR count). The number of piperazine rings is 1. The van der Waals surface area contributed by atoms with E-state index in [4.69, 9.17) is 0 Å². The van der Waals surface area contributed by atoms with E-state index in [9.17, 15) is 9.18 Å². The lowest BCUT2D eigenvalue weighted by atomic mass is 10.1. The summed E-state index contributed by atoms with van der Waals surface area (Å²) in [4.78, 5) is 22.9. The molecule has 174 valence electrons. The number of H-pyrrole nitrogens is 1. The summed E-state index contributed by atoms with van der Waals surface area (Å²) in [6.07, 6.45) is 0. The number of benzene rings is 2. The Morgan fingerprint density at radius 3 is 2.47 bits per heavy atom. The molecule has 6 nitrogen and oxygen atoms in total. The SMILES string of the molecule is Cc1ccc(C)c(N2CCN(C(=O)c3cc(-c4sc(-c5ccc(F)cc5)nc4C)[nH]n3)CC2)c1. The Morgan fingerprint density at radius 2 is 1.74 bits per heavy atom. The third kappa shape index (κ3) is 4.33. The fourth-order valence-corrected chi connectivity index (χ4v) is 5.32. The van der Waals surface area contributed by atoms with Crippen LogP contribution in [0.1, 0.15) is 27.3 Å². The average Bonchev–Trinajstić information content (AvgIpc) is 3.48. The summed E-state index contributed by atoms with van der Waals surface area (Å²) < 4.78 is 13.3. The number of aryl methyl sites for hydroxylation is 3. The van der Waals surface area contributed by atoms with Crippen LogP contribution in [0, 0.1) is 26.6 Å². The highest BCUT2D eigenvalue weighted by atomic mass is 32.1. The van der Waals surface area contributed by atoms with Gasteiger partial charge in [-0.1, -0.05) is 12.1 Å². The first-order chi connectivity index (χ1) is 16.4. The number of hydrogen-bond donors (Lipinski definition) is 1. The Hall–Kier alpha value is -3.52. The van der Waals surface area contributed by atoms with Crippen molar-refractivity contribution in [2.75, 3.05) is 31.1 Å². The number of aromatic amines is 1. The summed E-state index contributed by atoms with van der Waals surface area (Å²) in [7, 11) is 0. The number of nitrogens with zero attached hydrogens (tertiary/aromatic N) is 4. The van der Waals surface area contributed by atoms with Crippen LogP contribution in [0.3, 0.4) is 0 Å². The number of amides is 1. The number of carbonyl (C=O) groups excluding carboxylic acids is 1. The molecule has 0 bridgehead atoms. The molecule has 0 spiro atoms. The van der Waals surface area contributed by atoms with Gasteiger partial charge >= 0.3 is 0 Å². The minimum Gasteiger partial charge on any atom is -0.368 e. The molecule has 2 aromatic carbocycles. The Morgan fingerprint density at radius 1 is 1.00 bits per heavy atom. The summed E-state index contributed by atoms with van der Waals surface area (Å²) in [6.45, 7) is 9.05. The first-order valence-corrected chi connectivity index (χ1v) is 12.1. The van der Waals surface area contributed by atoms with Crippen molar-refractivity contribution in [3.63, 3.8) is 0 Å². The van der Waals surface area contributed by atoms with Gasteiger partial charge in [0, 0.05) is 37.4 Å². The minimum absolute atomic E-state index is 0.0657. The third-order valence-electron chi connectivity index (χ3n) is 6.20. The van der Waals surface area contributed by atoms with E-state index in [1.54, 1.807) is 18.2 Å². The second-order valence-electron chi connectivity index (χ2n) is 8.68. The summed E-state index contributed by atoms with van der Waals surface area (Å²) in [5.41, 5.74) is 6.61. The van der Waals surface area contributed by atoms with Crippen molar-refractivity contribution < 1.29 is 9.18 Å². The number of carbonyl (C=O) groups is 1. The van der Waals surface area contributed by atoms with Crippen LogP contribution in [-0.4, -0.2) is 52.2 Å². The number of aromatic nitrogens is 3.